The molecule has 0 spiro atoms. The number of amides is 2. The fourth-order valence-electron chi connectivity index (χ4n) is 1.98. The van der Waals surface area contributed by atoms with Gasteiger partial charge in [0.05, 0.1) is 0 Å². The number of benzene rings is 1. The fraction of sp³-hybridized carbons (Fsp3) is 0.588. The summed E-state index contributed by atoms with van der Waals surface area (Å²) in [6.07, 6.45) is 0. The molecule has 4 nitrogen and oxygen atoms in total. The van der Waals surface area contributed by atoms with Crippen molar-refractivity contribution in [3.05, 3.63) is 29.8 Å². The van der Waals surface area contributed by atoms with Gasteiger partial charge < -0.3 is 10.6 Å². The second-order valence-electron chi connectivity index (χ2n) is 7.34. The van der Waals surface area contributed by atoms with Crippen LogP contribution in [-0.4, -0.2) is 27.3 Å². The van der Waals surface area contributed by atoms with Gasteiger partial charge in [-0.15, -0.1) is 0 Å². The van der Waals surface area contributed by atoms with Crippen molar-refractivity contribution in [3.63, 3.8) is 0 Å². The van der Waals surface area contributed by atoms with Crippen LogP contribution in [0.1, 0.15) is 47.1 Å². The van der Waals surface area contributed by atoms with E-state index in [2.05, 4.69) is 31.4 Å². The van der Waals surface area contributed by atoms with Gasteiger partial charge in [-0.05, 0) is 37.8 Å². The van der Waals surface area contributed by atoms with E-state index < -0.39 is 10.8 Å². The van der Waals surface area contributed by atoms with E-state index >= 15 is 0 Å². The van der Waals surface area contributed by atoms with Crippen molar-refractivity contribution < 1.29 is 9.00 Å². The summed E-state index contributed by atoms with van der Waals surface area (Å²) in [5.74, 6) is 0.456. The molecule has 0 bridgehead atoms. The van der Waals surface area contributed by atoms with Crippen LogP contribution in [0.2, 0.25) is 0 Å². The lowest BCUT2D eigenvalue weighted by Gasteiger charge is -2.23. The van der Waals surface area contributed by atoms with Crippen LogP contribution >= 0.6 is 0 Å². The first-order chi connectivity index (χ1) is 10.0. The molecule has 2 amide bonds. The van der Waals surface area contributed by atoms with Gasteiger partial charge in [0, 0.05) is 33.5 Å². The number of hydrogen-bond donors (Lipinski definition) is 2. The van der Waals surface area contributed by atoms with Crippen molar-refractivity contribution in [2.75, 3.05) is 17.6 Å². The van der Waals surface area contributed by atoms with Crippen molar-refractivity contribution in [2.45, 2.75) is 51.7 Å². The minimum atomic E-state index is -0.961. The van der Waals surface area contributed by atoms with Gasteiger partial charge in [-0.2, -0.15) is 0 Å². The molecule has 0 heterocycles. The molecule has 0 saturated carbocycles. The first-order valence-electron chi connectivity index (χ1n) is 7.54. The van der Waals surface area contributed by atoms with E-state index in [0.717, 1.165) is 11.3 Å². The Morgan fingerprint density at radius 3 is 2.23 bits per heavy atom. The molecular weight excluding hydrogens is 296 g/mol. The Bertz CT molecular complexity index is 542. The van der Waals surface area contributed by atoms with Crippen LogP contribution in [0, 0.1) is 0 Å². The van der Waals surface area contributed by atoms with Crippen LogP contribution in [0.4, 0.5) is 10.5 Å². The molecule has 1 rings (SSSR count). The van der Waals surface area contributed by atoms with Crippen molar-refractivity contribution in [1.82, 2.24) is 5.32 Å². The van der Waals surface area contributed by atoms with Gasteiger partial charge in [0.1, 0.15) is 0 Å². The molecule has 0 aliphatic rings. The number of carbonyl (C=O) groups excluding carboxylic acids is 1. The Morgan fingerprint density at radius 1 is 1.09 bits per heavy atom. The van der Waals surface area contributed by atoms with Crippen molar-refractivity contribution in [1.29, 1.82) is 0 Å². The van der Waals surface area contributed by atoms with E-state index in [-0.39, 0.29) is 16.2 Å². The lowest BCUT2D eigenvalue weighted by Crippen LogP contribution is -2.35. The third kappa shape index (κ3) is 5.79. The zero-order chi connectivity index (χ0) is 17.0. The third-order valence-electron chi connectivity index (χ3n) is 3.24. The number of rotatable bonds is 4. The topological polar surface area (TPSA) is 58.2 Å². The number of hydrogen-bond acceptors (Lipinski definition) is 2. The molecule has 124 valence electrons. The predicted octanol–water partition coefficient (Wildman–Crippen LogP) is 3.65. The number of anilines is 1. The molecular formula is C17H28N2O2S. The number of urea groups is 1. The Morgan fingerprint density at radius 2 is 1.68 bits per heavy atom. The highest BCUT2D eigenvalue weighted by Crippen LogP contribution is 2.29. The lowest BCUT2D eigenvalue weighted by atomic mass is 9.86. The molecule has 1 unspecified atom stereocenters. The monoisotopic (exact) mass is 324 g/mol. The van der Waals surface area contributed by atoms with Crippen molar-refractivity contribution in [3.8, 4) is 0 Å². The van der Waals surface area contributed by atoms with Crippen LogP contribution in [0.3, 0.4) is 0 Å². The van der Waals surface area contributed by atoms with Crippen molar-refractivity contribution >= 4 is 22.5 Å². The van der Waals surface area contributed by atoms with Crippen LogP contribution in [0.5, 0.6) is 0 Å². The quantitative estimate of drug-likeness (QED) is 0.888. The van der Waals surface area contributed by atoms with Gasteiger partial charge in [-0.1, -0.05) is 39.0 Å². The molecule has 5 heteroatoms. The Hall–Kier alpha value is -1.36. The zero-order valence-corrected chi connectivity index (χ0v) is 15.3. The van der Waals surface area contributed by atoms with E-state index in [4.69, 9.17) is 0 Å². The average molecular weight is 324 g/mol. The Labute approximate surface area is 136 Å². The van der Waals surface area contributed by atoms with E-state index in [1.165, 1.54) is 0 Å². The molecule has 1 aromatic rings. The molecule has 2 N–H and O–H groups in total. The van der Waals surface area contributed by atoms with Crippen LogP contribution < -0.4 is 10.6 Å². The maximum Gasteiger partial charge on any atom is 0.319 e. The molecule has 0 aliphatic heterocycles. The summed E-state index contributed by atoms with van der Waals surface area (Å²) in [6.45, 7) is 12.5. The predicted molar refractivity (Wildman–Crippen MR) is 94.9 cm³/mol. The van der Waals surface area contributed by atoms with Gasteiger partial charge in [-0.3, -0.25) is 4.21 Å². The van der Waals surface area contributed by atoms with E-state index in [1.807, 2.05) is 45.0 Å². The molecule has 0 saturated heterocycles. The molecule has 1 atom stereocenters. The second-order valence-corrected chi connectivity index (χ2v) is 9.66. The molecule has 1 aromatic carbocycles. The normalized spacial score (nSPS) is 13.5. The highest BCUT2D eigenvalue weighted by atomic mass is 32.2. The third-order valence-corrected chi connectivity index (χ3v) is 5.18. The highest BCUT2D eigenvalue weighted by molar-refractivity contribution is 7.86. The van der Waals surface area contributed by atoms with Gasteiger partial charge >= 0.3 is 6.03 Å². The summed E-state index contributed by atoms with van der Waals surface area (Å²) in [6, 6.07) is 7.52. The summed E-state index contributed by atoms with van der Waals surface area (Å²) in [7, 11) is -0.961. The van der Waals surface area contributed by atoms with Crippen LogP contribution in [-0.2, 0) is 16.2 Å². The van der Waals surface area contributed by atoms with Gasteiger partial charge in [0.2, 0.25) is 0 Å². The Balaban J connectivity index is 2.59. The minimum Gasteiger partial charge on any atom is -0.337 e. The molecule has 0 radical (unpaired) electrons. The summed E-state index contributed by atoms with van der Waals surface area (Å²) in [5, 5.41) is 5.65. The van der Waals surface area contributed by atoms with Gasteiger partial charge in [0.25, 0.3) is 0 Å². The number of para-hydroxylation sites is 1. The van der Waals surface area contributed by atoms with Gasteiger partial charge in [0.15, 0.2) is 0 Å². The number of nitrogens with one attached hydrogen (secondary N) is 2. The first-order valence-corrected chi connectivity index (χ1v) is 8.86. The summed E-state index contributed by atoms with van der Waals surface area (Å²) < 4.78 is 11.7. The van der Waals surface area contributed by atoms with E-state index in [1.54, 1.807) is 0 Å². The SMILES string of the molecule is CC(C)(C)c1ccccc1NC(=O)NCCS(=O)C(C)(C)C. The maximum absolute atomic E-state index is 12.0. The Kier molecular flexibility index (Phi) is 6.17. The first kappa shape index (κ1) is 18.7. The van der Waals surface area contributed by atoms with Crippen LogP contribution in [0.25, 0.3) is 0 Å². The summed E-state index contributed by atoms with van der Waals surface area (Å²) in [5.41, 5.74) is 1.85. The van der Waals surface area contributed by atoms with Gasteiger partial charge in [-0.25, -0.2) is 4.79 Å². The highest BCUT2D eigenvalue weighted by Gasteiger charge is 2.20. The molecule has 22 heavy (non-hydrogen) atoms. The largest absolute Gasteiger partial charge is 0.337 e. The van der Waals surface area contributed by atoms with E-state index in [0.29, 0.717) is 12.3 Å². The van der Waals surface area contributed by atoms with E-state index in [9.17, 15) is 9.00 Å². The average Bonchev–Trinajstić information content (AvgIpc) is 2.36. The van der Waals surface area contributed by atoms with Crippen molar-refractivity contribution in [2.24, 2.45) is 0 Å². The second kappa shape index (κ2) is 7.27. The van der Waals surface area contributed by atoms with Crippen LogP contribution in [0.15, 0.2) is 24.3 Å². The lowest BCUT2D eigenvalue weighted by molar-refractivity contribution is 0.252. The molecule has 0 aromatic heterocycles. The smallest absolute Gasteiger partial charge is 0.319 e. The number of carbonyl (C=O) groups is 1. The maximum atomic E-state index is 12.0. The molecule has 0 aliphatic carbocycles. The molecule has 0 fully saturated rings. The summed E-state index contributed by atoms with van der Waals surface area (Å²) >= 11 is 0. The zero-order valence-electron chi connectivity index (χ0n) is 14.4. The fourth-order valence-corrected chi connectivity index (χ4v) is 2.88. The minimum absolute atomic E-state index is 0.0440. The standard InChI is InChI=1S/C17H28N2O2S/c1-16(2,3)13-9-7-8-10-14(13)19-15(20)18-11-12-22(21)17(4,5)6/h7-10H,11-12H2,1-6H3,(H2,18,19,20). The summed E-state index contributed by atoms with van der Waals surface area (Å²) in [4.78, 5) is 12.0.